The maximum absolute atomic E-state index is 12.3. The highest BCUT2D eigenvalue weighted by Crippen LogP contribution is 2.39. The molecule has 2 aromatic heterocycles. The number of esters is 1. The molecule has 1 aliphatic rings. The van der Waals surface area contributed by atoms with Crippen molar-refractivity contribution in [3.63, 3.8) is 0 Å². The highest BCUT2D eigenvalue weighted by atomic mass is 16.5. The molecule has 1 saturated carbocycles. The Labute approximate surface area is 175 Å². The minimum absolute atomic E-state index is 0.337. The average molecular weight is 397 g/mol. The van der Waals surface area contributed by atoms with Gasteiger partial charge in [0.2, 0.25) is 0 Å². The predicted molar refractivity (Wildman–Crippen MR) is 118 cm³/mol. The normalized spacial score (nSPS) is 13.4. The summed E-state index contributed by atoms with van der Waals surface area (Å²) in [5, 5.41) is 4.49. The van der Waals surface area contributed by atoms with Gasteiger partial charge in [0.25, 0.3) is 0 Å². The van der Waals surface area contributed by atoms with Gasteiger partial charge in [-0.3, -0.25) is 0 Å². The molecule has 5 rings (SSSR count). The first kappa shape index (κ1) is 18.4. The number of rotatable bonds is 6. The number of ether oxygens (including phenoxy) is 1. The molecule has 0 aliphatic heterocycles. The van der Waals surface area contributed by atoms with E-state index in [1.165, 1.54) is 18.2 Å². The van der Waals surface area contributed by atoms with Gasteiger partial charge >= 0.3 is 5.97 Å². The van der Waals surface area contributed by atoms with Crippen molar-refractivity contribution >= 4 is 28.2 Å². The van der Waals surface area contributed by atoms with Crippen LogP contribution in [0.4, 0.5) is 11.4 Å². The fourth-order valence-corrected chi connectivity index (χ4v) is 3.79. The van der Waals surface area contributed by atoms with E-state index in [-0.39, 0.29) is 0 Å². The van der Waals surface area contributed by atoms with Crippen LogP contribution in [0.3, 0.4) is 0 Å². The minimum atomic E-state index is -0.421. The highest BCUT2D eigenvalue weighted by molar-refractivity contribution is 5.95. The van der Waals surface area contributed by atoms with Crippen molar-refractivity contribution in [1.82, 2.24) is 9.55 Å². The van der Waals surface area contributed by atoms with E-state index in [0.717, 1.165) is 36.2 Å². The number of hydrogen-bond donors (Lipinski definition) is 1. The van der Waals surface area contributed by atoms with Crippen molar-refractivity contribution in [1.29, 1.82) is 0 Å². The van der Waals surface area contributed by atoms with Crippen molar-refractivity contribution in [2.24, 2.45) is 0 Å². The van der Waals surface area contributed by atoms with E-state index >= 15 is 0 Å². The molecular weight excluding hydrogens is 374 g/mol. The first-order valence-electron chi connectivity index (χ1n) is 10.2. The summed E-state index contributed by atoms with van der Waals surface area (Å²) in [7, 11) is 1.39. The Morgan fingerprint density at radius 3 is 2.70 bits per heavy atom. The van der Waals surface area contributed by atoms with Crippen LogP contribution in [0.2, 0.25) is 0 Å². The second-order valence-corrected chi connectivity index (χ2v) is 7.73. The number of hydrogen-bond acceptors (Lipinski definition) is 4. The third kappa shape index (κ3) is 3.66. The molecule has 30 heavy (non-hydrogen) atoms. The molecule has 2 aromatic carbocycles. The lowest BCUT2D eigenvalue weighted by Gasteiger charge is -2.12. The van der Waals surface area contributed by atoms with Gasteiger partial charge in [-0.1, -0.05) is 30.3 Å². The summed E-state index contributed by atoms with van der Waals surface area (Å²) in [4.78, 5) is 16.9. The van der Waals surface area contributed by atoms with Gasteiger partial charge in [-0.25, -0.2) is 9.78 Å². The maximum Gasteiger partial charge on any atom is 0.358 e. The number of nitrogens with one attached hydrogen (secondary N) is 1. The number of nitrogens with zero attached hydrogens (tertiary/aromatic N) is 2. The van der Waals surface area contributed by atoms with Crippen LogP contribution in [0, 0.1) is 0 Å². The van der Waals surface area contributed by atoms with Gasteiger partial charge in [0.1, 0.15) is 0 Å². The number of fused-ring (bicyclic) bond motifs is 1. The van der Waals surface area contributed by atoms with Gasteiger partial charge in [0.15, 0.2) is 5.69 Å². The molecule has 150 valence electrons. The number of aromatic nitrogens is 2. The van der Waals surface area contributed by atoms with E-state index in [9.17, 15) is 4.79 Å². The van der Waals surface area contributed by atoms with Gasteiger partial charge in [0, 0.05) is 40.9 Å². The number of benzene rings is 2. The summed E-state index contributed by atoms with van der Waals surface area (Å²) >= 11 is 0. The molecule has 1 aliphatic carbocycles. The molecule has 5 nitrogen and oxygen atoms in total. The summed E-state index contributed by atoms with van der Waals surface area (Å²) in [6.45, 7) is 0.830. The first-order valence-corrected chi connectivity index (χ1v) is 10.2. The van der Waals surface area contributed by atoms with E-state index in [1.807, 2.05) is 24.3 Å². The number of methoxy groups -OCH3 is 1. The second kappa shape index (κ2) is 7.67. The minimum Gasteiger partial charge on any atom is -0.464 e. The van der Waals surface area contributed by atoms with Crippen LogP contribution in [-0.4, -0.2) is 22.6 Å². The van der Waals surface area contributed by atoms with Gasteiger partial charge in [-0.05, 0) is 54.8 Å². The molecule has 1 fully saturated rings. The van der Waals surface area contributed by atoms with E-state index in [2.05, 4.69) is 63.5 Å². The number of anilines is 2. The van der Waals surface area contributed by atoms with Crippen LogP contribution >= 0.6 is 0 Å². The molecule has 4 aromatic rings. The van der Waals surface area contributed by atoms with Crippen molar-refractivity contribution < 1.29 is 9.53 Å². The molecule has 2 heterocycles. The van der Waals surface area contributed by atoms with Crippen LogP contribution in [0.5, 0.6) is 0 Å². The molecule has 0 spiro atoms. The summed E-state index contributed by atoms with van der Waals surface area (Å²) in [5.41, 5.74) is 5.31. The van der Waals surface area contributed by atoms with Gasteiger partial charge in [-0.2, -0.15) is 0 Å². The summed E-state index contributed by atoms with van der Waals surface area (Å²) in [6.07, 6.45) is 4.38. The van der Waals surface area contributed by atoms with E-state index in [1.54, 1.807) is 0 Å². The third-order valence-electron chi connectivity index (χ3n) is 5.54. The Kier molecular flexibility index (Phi) is 4.71. The zero-order valence-electron chi connectivity index (χ0n) is 16.8. The van der Waals surface area contributed by atoms with Crippen LogP contribution in [-0.2, 0) is 11.3 Å². The van der Waals surface area contributed by atoms with Crippen molar-refractivity contribution in [2.45, 2.75) is 25.3 Å². The van der Waals surface area contributed by atoms with Gasteiger partial charge in [0.05, 0.1) is 12.8 Å². The van der Waals surface area contributed by atoms with Crippen molar-refractivity contribution in [3.05, 3.63) is 89.9 Å². The lowest BCUT2D eigenvalue weighted by molar-refractivity contribution is 0.0595. The van der Waals surface area contributed by atoms with Gasteiger partial charge < -0.3 is 14.6 Å². The molecule has 5 heteroatoms. The molecular formula is C25H23N3O2. The molecule has 0 saturated heterocycles. The standard InChI is InChI=1S/C25H23N3O2/c1-30-25(29)24-22(11-10-21(27-24)18-7-8-18)26-20-9-12-23-19(15-20)13-14-28(23)16-17-5-3-2-4-6-17/h2-6,9-15,18,26H,7-8,16H2,1H3. The molecule has 1 N–H and O–H groups in total. The maximum atomic E-state index is 12.3. The van der Waals surface area contributed by atoms with Crippen molar-refractivity contribution in [2.75, 3.05) is 12.4 Å². The SMILES string of the molecule is COC(=O)c1nc(C2CC2)ccc1Nc1ccc2c(ccn2Cc2ccccc2)c1. The van der Waals surface area contributed by atoms with Crippen LogP contribution in [0.1, 0.15) is 40.5 Å². The lowest BCUT2D eigenvalue weighted by Crippen LogP contribution is -2.10. The Morgan fingerprint density at radius 2 is 1.93 bits per heavy atom. The summed E-state index contributed by atoms with van der Waals surface area (Å²) < 4.78 is 7.19. The van der Waals surface area contributed by atoms with E-state index in [0.29, 0.717) is 17.3 Å². The van der Waals surface area contributed by atoms with Gasteiger partial charge in [-0.15, -0.1) is 0 Å². The number of carbonyl (C=O) groups is 1. The quantitative estimate of drug-likeness (QED) is 0.437. The number of carbonyl (C=O) groups excluding carboxylic acids is 1. The fraction of sp³-hybridized carbons (Fsp3) is 0.200. The number of pyridine rings is 1. The van der Waals surface area contributed by atoms with Crippen LogP contribution in [0.25, 0.3) is 10.9 Å². The Hall–Kier alpha value is -3.60. The second-order valence-electron chi connectivity index (χ2n) is 7.73. The van der Waals surface area contributed by atoms with E-state index in [4.69, 9.17) is 4.74 Å². The summed E-state index contributed by atoms with van der Waals surface area (Å²) in [5.74, 6) is 0.0540. The molecule has 0 unspecified atom stereocenters. The topological polar surface area (TPSA) is 56.1 Å². The summed E-state index contributed by atoms with van der Waals surface area (Å²) in [6, 6.07) is 22.7. The average Bonchev–Trinajstić information content (AvgIpc) is 3.56. The Bertz CT molecular complexity index is 1210. The molecule has 0 amide bonds. The zero-order valence-corrected chi connectivity index (χ0v) is 16.8. The zero-order chi connectivity index (χ0) is 20.5. The fourth-order valence-electron chi connectivity index (χ4n) is 3.79. The smallest absolute Gasteiger partial charge is 0.358 e. The molecule has 0 atom stereocenters. The third-order valence-corrected chi connectivity index (χ3v) is 5.54. The Morgan fingerprint density at radius 1 is 1.10 bits per heavy atom. The van der Waals surface area contributed by atoms with Crippen LogP contribution < -0.4 is 5.32 Å². The first-order chi connectivity index (χ1) is 14.7. The lowest BCUT2D eigenvalue weighted by atomic mass is 10.2. The molecule has 0 radical (unpaired) electrons. The largest absolute Gasteiger partial charge is 0.464 e. The Balaban J connectivity index is 1.42. The van der Waals surface area contributed by atoms with Crippen molar-refractivity contribution in [3.8, 4) is 0 Å². The predicted octanol–water partition coefficient (Wildman–Crippen LogP) is 5.49. The molecule has 0 bridgehead atoms. The van der Waals surface area contributed by atoms with E-state index < -0.39 is 5.97 Å². The monoisotopic (exact) mass is 397 g/mol. The highest BCUT2D eigenvalue weighted by Gasteiger charge is 2.27. The van der Waals surface area contributed by atoms with Crippen LogP contribution in [0.15, 0.2) is 72.9 Å².